The van der Waals surface area contributed by atoms with Crippen molar-refractivity contribution in [1.82, 2.24) is 5.32 Å². The molecule has 1 aromatic carbocycles. The van der Waals surface area contributed by atoms with Crippen molar-refractivity contribution in [2.24, 2.45) is 5.92 Å². The zero-order valence-electron chi connectivity index (χ0n) is 11.3. The van der Waals surface area contributed by atoms with E-state index < -0.39 is 6.10 Å². The summed E-state index contributed by atoms with van der Waals surface area (Å²) in [5.41, 5.74) is 6.35. The van der Waals surface area contributed by atoms with Crippen molar-refractivity contribution in [3.63, 3.8) is 0 Å². The van der Waals surface area contributed by atoms with Crippen LogP contribution in [0, 0.1) is 5.92 Å². The van der Waals surface area contributed by atoms with Gasteiger partial charge in [0.15, 0.2) is 0 Å². The molecule has 1 amide bonds. The van der Waals surface area contributed by atoms with E-state index in [9.17, 15) is 9.90 Å². The third kappa shape index (κ3) is 4.11. The number of nitrogens with two attached hydrogens (primary N) is 1. The van der Waals surface area contributed by atoms with Crippen molar-refractivity contribution in [2.45, 2.75) is 32.8 Å². The van der Waals surface area contributed by atoms with Gasteiger partial charge in [-0.2, -0.15) is 0 Å². The van der Waals surface area contributed by atoms with Crippen LogP contribution in [0.5, 0.6) is 0 Å². The number of benzene rings is 1. The molecular formula is C14H21ClN2O2. The number of hydrogen-bond acceptors (Lipinski definition) is 3. The molecule has 1 unspecified atom stereocenters. The molecule has 106 valence electrons. The standard InChI is InChI=1S/C14H21ClN2O2/c1-3-9(4-2)12(18)8-17-14(19)10-6-5-7-11(16)13(10)15/h5-7,9,12,18H,3-4,8,16H2,1-2H3,(H,17,19). The van der Waals surface area contributed by atoms with Gasteiger partial charge in [0.1, 0.15) is 0 Å². The average molecular weight is 285 g/mol. The molecule has 0 aromatic heterocycles. The van der Waals surface area contributed by atoms with Gasteiger partial charge >= 0.3 is 0 Å². The lowest BCUT2D eigenvalue weighted by molar-refractivity contribution is 0.0817. The smallest absolute Gasteiger partial charge is 0.252 e. The summed E-state index contributed by atoms with van der Waals surface area (Å²) in [6.45, 7) is 4.26. The average Bonchev–Trinajstić information content (AvgIpc) is 2.40. The van der Waals surface area contributed by atoms with Gasteiger partial charge in [0.2, 0.25) is 0 Å². The second-order valence-corrected chi connectivity index (χ2v) is 4.94. The third-order valence-corrected chi connectivity index (χ3v) is 3.76. The first-order valence-corrected chi connectivity index (χ1v) is 6.89. The summed E-state index contributed by atoms with van der Waals surface area (Å²) < 4.78 is 0. The Morgan fingerprint density at radius 1 is 1.42 bits per heavy atom. The fraction of sp³-hybridized carbons (Fsp3) is 0.500. The van der Waals surface area contributed by atoms with Crippen LogP contribution in [0.4, 0.5) is 5.69 Å². The monoisotopic (exact) mass is 284 g/mol. The number of carbonyl (C=O) groups is 1. The highest BCUT2D eigenvalue weighted by atomic mass is 35.5. The van der Waals surface area contributed by atoms with Crippen LogP contribution in [-0.2, 0) is 0 Å². The fourth-order valence-electron chi connectivity index (χ4n) is 2.02. The van der Waals surface area contributed by atoms with E-state index >= 15 is 0 Å². The number of halogens is 1. The third-order valence-electron chi connectivity index (χ3n) is 3.34. The molecular weight excluding hydrogens is 264 g/mol. The normalized spacial score (nSPS) is 12.5. The van der Waals surface area contributed by atoms with Crippen LogP contribution in [-0.4, -0.2) is 23.7 Å². The molecule has 19 heavy (non-hydrogen) atoms. The minimum absolute atomic E-state index is 0.191. The molecule has 0 saturated heterocycles. The van der Waals surface area contributed by atoms with E-state index in [1.165, 1.54) is 0 Å². The number of aliphatic hydroxyl groups is 1. The maximum atomic E-state index is 12.0. The van der Waals surface area contributed by atoms with Gasteiger partial charge in [-0.05, 0) is 18.1 Å². The summed E-state index contributed by atoms with van der Waals surface area (Å²) in [5, 5.41) is 12.9. The topological polar surface area (TPSA) is 75.3 Å². The molecule has 1 atom stereocenters. The van der Waals surface area contributed by atoms with Crippen LogP contribution >= 0.6 is 11.6 Å². The number of hydrogen-bond donors (Lipinski definition) is 3. The van der Waals surface area contributed by atoms with Crippen molar-refractivity contribution in [1.29, 1.82) is 0 Å². The summed E-state index contributed by atoms with van der Waals surface area (Å²) in [6, 6.07) is 4.92. The lowest BCUT2D eigenvalue weighted by Gasteiger charge is -2.20. The quantitative estimate of drug-likeness (QED) is 0.702. The van der Waals surface area contributed by atoms with Crippen molar-refractivity contribution in [2.75, 3.05) is 12.3 Å². The zero-order chi connectivity index (χ0) is 14.4. The molecule has 1 aromatic rings. The van der Waals surface area contributed by atoms with Gasteiger partial charge in [-0.1, -0.05) is 44.4 Å². The molecule has 0 spiro atoms. The molecule has 5 heteroatoms. The Balaban J connectivity index is 2.63. The molecule has 0 heterocycles. The Morgan fingerprint density at radius 2 is 2.05 bits per heavy atom. The first-order valence-electron chi connectivity index (χ1n) is 6.51. The van der Waals surface area contributed by atoms with E-state index in [2.05, 4.69) is 5.32 Å². The Labute approximate surface area is 118 Å². The zero-order valence-corrected chi connectivity index (χ0v) is 12.1. The van der Waals surface area contributed by atoms with E-state index in [1.807, 2.05) is 13.8 Å². The highest BCUT2D eigenvalue weighted by molar-refractivity contribution is 6.36. The number of carbonyl (C=O) groups excluding carboxylic acids is 1. The second-order valence-electron chi connectivity index (χ2n) is 4.56. The Bertz CT molecular complexity index is 433. The first-order chi connectivity index (χ1) is 9.01. The van der Waals surface area contributed by atoms with E-state index in [4.69, 9.17) is 17.3 Å². The molecule has 0 radical (unpaired) electrons. The van der Waals surface area contributed by atoms with Gasteiger partial charge in [0.05, 0.1) is 22.4 Å². The van der Waals surface area contributed by atoms with Crippen molar-refractivity contribution in [3.8, 4) is 0 Å². The van der Waals surface area contributed by atoms with Crippen LogP contribution < -0.4 is 11.1 Å². The van der Waals surface area contributed by atoms with E-state index in [1.54, 1.807) is 18.2 Å². The maximum absolute atomic E-state index is 12.0. The molecule has 0 aliphatic carbocycles. The predicted molar refractivity (Wildman–Crippen MR) is 78.3 cm³/mol. The van der Waals surface area contributed by atoms with Gasteiger partial charge < -0.3 is 16.2 Å². The molecule has 4 N–H and O–H groups in total. The van der Waals surface area contributed by atoms with Gasteiger partial charge in [-0.3, -0.25) is 4.79 Å². The van der Waals surface area contributed by atoms with Gasteiger partial charge in [-0.25, -0.2) is 0 Å². The van der Waals surface area contributed by atoms with Crippen LogP contribution in [0.1, 0.15) is 37.0 Å². The second kappa shape index (κ2) is 7.36. The molecule has 0 fully saturated rings. The SMILES string of the molecule is CCC(CC)C(O)CNC(=O)c1cccc(N)c1Cl. The van der Waals surface area contributed by atoms with Crippen molar-refractivity contribution >= 4 is 23.2 Å². The first kappa shape index (κ1) is 15.8. The number of anilines is 1. The number of amides is 1. The Hall–Kier alpha value is -1.26. The maximum Gasteiger partial charge on any atom is 0.252 e. The summed E-state index contributed by atoms with van der Waals surface area (Å²) in [5.74, 6) is -0.126. The summed E-state index contributed by atoms with van der Waals surface area (Å²) in [4.78, 5) is 12.0. The molecule has 1 rings (SSSR count). The highest BCUT2D eigenvalue weighted by Gasteiger charge is 2.18. The molecule has 0 bridgehead atoms. The molecule has 4 nitrogen and oxygen atoms in total. The summed E-state index contributed by atoms with van der Waals surface area (Å²) >= 11 is 5.97. The summed E-state index contributed by atoms with van der Waals surface area (Å²) in [6.07, 6.45) is 1.22. The van der Waals surface area contributed by atoms with Crippen LogP contribution in [0.15, 0.2) is 18.2 Å². The van der Waals surface area contributed by atoms with Gasteiger partial charge in [0.25, 0.3) is 5.91 Å². The Morgan fingerprint density at radius 3 is 2.63 bits per heavy atom. The molecule has 0 aliphatic rings. The number of nitrogens with one attached hydrogen (secondary N) is 1. The van der Waals surface area contributed by atoms with E-state index in [0.717, 1.165) is 12.8 Å². The number of nitrogen functional groups attached to an aromatic ring is 1. The van der Waals surface area contributed by atoms with Crippen LogP contribution in [0.3, 0.4) is 0 Å². The molecule has 0 aliphatic heterocycles. The van der Waals surface area contributed by atoms with Crippen LogP contribution in [0.25, 0.3) is 0 Å². The molecule has 0 saturated carbocycles. The summed E-state index contributed by atoms with van der Waals surface area (Å²) in [7, 11) is 0. The minimum atomic E-state index is -0.543. The van der Waals surface area contributed by atoms with E-state index in [0.29, 0.717) is 11.3 Å². The van der Waals surface area contributed by atoms with Crippen LogP contribution in [0.2, 0.25) is 5.02 Å². The highest BCUT2D eigenvalue weighted by Crippen LogP contribution is 2.22. The lowest BCUT2D eigenvalue weighted by atomic mass is 9.96. The largest absolute Gasteiger partial charge is 0.398 e. The van der Waals surface area contributed by atoms with Crippen molar-refractivity contribution < 1.29 is 9.90 Å². The van der Waals surface area contributed by atoms with Crippen molar-refractivity contribution in [3.05, 3.63) is 28.8 Å². The lowest BCUT2D eigenvalue weighted by Crippen LogP contribution is -2.36. The fourth-order valence-corrected chi connectivity index (χ4v) is 2.23. The van der Waals surface area contributed by atoms with Gasteiger partial charge in [-0.15, -0.1) is 0 Å². The number of rotatable bonds is 6. The Kier molecular flexibility index (Phi) is 6.12. The number of aliphatic hydroxyl groups excluding tert-OH is 1. The predicted octanol–water partition coefficient (Wildman–Crippen LogP) is 2.45. The van der Waals surface area contributed by atoms with Gasteiger partial charge in [0, 0.05) is 6.54 Å². The minimum Gasteiger partial charge on any atom is -0.398 e. The van der Waals surface area contributed by atoms with E-state index in [-0.39, 0.29) is 23.4 Å².